The molecular formula is C16H28FN3O. The van der Waals surface area contributed by atoms with Crippen LogP contribution in [0.4, 0.5) is 4.39 Å². The summed E-state index contributed by atoms with van der Waals surface area (Å²) >= 11 is 0. The van der Waals surface area contributed by atoms with Crippen LogP contribution < -0.4 is 0 Å². The van der Waals surface area contributed by atoms with Crippen LogP contribution in [0, 0.1) is 11.7 Å². The first-order valence-corrected chi connectivity index (χ1v) is 7.60. The van der Waals surface area contributed by atoms with Gasteiger partial charge in [-0.1, -0.05) is 13.8 Å². The van der Waals surface area contributed by atoms with Crippen molar-refractivity contribution >= 4 is 0 Å². The molecule has 0 aliphatic carbocycles. The minimum atomic E-state index is -0.659. The van der Waals surface area contributed by atoms with E-state index in [0.717, 1.165) is 38.8 Å². The molecule has 0 bridgehead atoms. The highest BCUT2D eigenvalue weighted by Gasteiger charge is 2.20. The first-order valence-electron chi connectivity index (χ1n) is 7.60. The van der Waals surface area contributed by atoms with E-state index in [1.54, 1.807) is 6.07 Å². The molecule has 0 aliphatic rings. The molecule has 1 aromatic rings. The number of rotatable bonds is 9. The monoisotopic (exact) mass is 297 g/mol. The molecule has 1 aromatic heterocycles. The summed E-state index contributed by atoms with van der Waals surface area (Å²) in [4.78, 5) is 8.48. The van der Waals surface area contributed by atoms with Gasteiger partial charge < -0.3 is 14.9 Å². The number of hydrogen-bond donors (Lipinski definition) is 1. The zero-order chi connectivity index (χ0) is 15.8. The SMILES string of the molecule is CCN(CCCN(C)C)CC(C)C(O)c1ccc(F)cn1. The normalized spacial score (nSPS) is 14.7. The molecule has 1 N–H and O–H groups in total. The van der Waals surface area contributed by atoms with Crippen LogP contribution in [-0.4, -0.2) is 60.2 Å². The van der Waals surface area contributed by atoms with Crippen LogP contribution in [0.2, 0.25) is 0 Å². The average molecular weight is 297 g/mol. The van der Waals surface area contributed by atoms with Crippen LogP contribution in [0.15, 0.2) is 18.3 Å². The number of halogens is 1. The van der Waals surface area contributed by atoms with Gasteiger partial charge in [-0.05, 0) is 52.3 Å². The molecular weight excluding hydrogens is 269 g/mol. The van der Waals surface area contributed by atoms with Gasteiger partial charge in [0.1, 0.15) is 5.82 Å². The molecule has 0 aliphatic heterocycles. The van der Waals surface area contributed by atoms with Crippen molar-refractivity contribution in [1.82, 2.24) is 14.8 Å². The van der Waals surface area contributed by atoms with Crippen LogP contribution in [0.25, 0.3) is 0 Å². The molecule has 4 nitrogen and oxygen atoms in total. The molecule has 2 atom stereocenters. The summed E-state index contributed by atoms with van der Waals surface area (Å²) in [5.74, 6) is -0.320. The lowest BCUT2D eigenvalue weighted by atomic mass is 10.0. The van der Waals surface area contributed by atoms with Crippen molar-refractivity contribution in [1.29, 1.82) is 0 Å². The number of aliphatic hydroxyl groups excluding tert-OH is 1. The second-order valence-electron chi connectivity index (χ2n) is 5.87. The second kappa shape index (κ2) is 9.07. The van der Waals surface area contributed by atoms with Crippen LogP contribution in [-0.2, 0) is 0 Å². The van der Waals surface area contributed by atoms with E-state index in [9.17, 15) is 9.50 Å². The summed E-state index contributed by atoms with van der Waals surface area (Å²) in [7, 11) is 4.14. The molecule has 0 aromatic carbocycles. The Morgan fingerprint density at radius 3 is 2.52 bits per heavy atom. The molecule has 0 saturated heterocycles. The lowest BCUT2D eigenvalue weighted by molar-refractivity contribution is 0.0851. The van der Waals surface area contributed by atoms with Gasteiger partial charge >= 0.3 is 0 Å². The van der Waals surface area contributed by atoms with Crippen LogP contribution in [0.3, 0.4) is 0 Å². The molecule has 0 fully saturated rings. The summed E-state index contributed by atoms with van der Waals surface area (Å²) in [6.45, 7) is 7.98. The number of hydrogen-bond acceptors (Lipinski definition) is 4. The van der Waals surface area contributed by atoms with E-state index in [1.165, 1.54) is 6.07 Å². The highest BCUT2D eigenvalue weighted by molar-refractivity contribution is 5.08. The predicted molar refractivity (Wildman–Crippen MR) is 83.6 cm³/mol. The first-order chi connectivity index (χ1) is 9.93. The fourth-order valence-electron chi connectivity index (χ4n) is 2.35. The summed E-state index contributed by atoms with van der Waals surface area (Å²) in [5.41, 5.74) is 0.535. The second-order valence-corrected chi connectivity index (χ2v) is 5.87. The molecule has 0 amide bonds. The third-order valence-corrected chi connectivity index (χ3v) is 3.67. The van der Waals surface area contributed by atoms with E-state index in [2.05, 4.69) is 35.8 Å². The molecule has 0 spiro atoms. The van der Waals surface area contributed by atoms with Gasteiger partial charge in [0, 0.05) is 12.5 Å². The van der Waals surface area contributed by atoms with Gasteiger partial charge in [0.2, 0.25) is 0 Å². The van der Waals surface area contributed by atoms with Crippen molar-refractivity contribution in [3.8, 4) is 0 Å². The Morgan fingerprint density at radius 1 is 1.29 bits per heavy atom. The molecule has 5 heteroatoms. The smallest absolute Gasteiger partial charge is 0.141 e. The molecule has 0 radical (unpaired) electrons. The van der Waals surface area contributed by atoms with Gasteiger partial charge in [0.05, 0.1) is 18.0 Å². The molecule has 120 valence electrons. The van der Waals surface area contributed by atoms with E-state index in [0.29, 0.717) is 5.69 Å². The maximum Gasteiger partial charge on any atom is 0.141 e. The highest BCUT2D eigenvalue weighted by Crippen LogP contribution is 2.21. The Balaban J connectivity index is 2.48. The van der Waals surface area contributed by atoms with Gasteiger partial charge in [0.25, 0.3) is 0 Å². The quantitative estimate of drug-likeness (QED) is 0.758. The molecule has 1 heterocycles. The lowest BCUT2D eigenvalue weighted by Crippen LogP contribution is -2.33. The zero-order valence-electron chi connectivity index (χ0n) is 13.6. The Labute approximate surface area is 127 Å². The van der Waals surface area contributed by atoms with E-state index in [-0.39, 0.29) is 11.7 Å². The van der Waals surface area contributed by atoms with E-state index in [1.807, 2.05) is 6.92 Å². The predicted octanol–water partition coefficient (Wildman–Crippen LogP) is 2.16. The fraction of sp³-hybridized carbons (Fsp3) is 0.688. The summed E-state index contributed by atoms with van der Waals surface area (Å²) in [5, 5.41) is 10.3. The number of aliphatic hydroxyl groups is 1. The van der Waals surface area contributed by atoms with Crippen LogP contribution >= 0.6 is 0 Å². The largest absolute Gasteiger partial charge is 0.386 e. The maximum atomic E-state index is 12.9. The molecule has 21 heavy (non-hydrogen) atoms. The Bertz CT molecular complexity index is 397. The maximum absolute atomic E-state index is 12.9. The van der Waals surface area contributed by atoms with Crippen molar-refractivity contribution < 1.29 is 9.50 Å². The van der Waals surface area contributed by atoms with Gasteiger partial charge in [-0.2, -0.15) is 0 Å². The van der Waals surface area contributed by atoms with Crippen molar-refractivity contribution in [2.45, 2.75) is 26.4 Å². The van der Waals surface area contributed by atoms with Crippen LogP contribution in [0.5, 0.6) is 0 Å². The van der Waals surface area contributed by atoms with Crippen molar-refractivity contribution in [2.75, 3.05) is 40.3 Å². The number of pyridine rings is 1. The van der Waals surface area contributed by atoms with Gasteiger partial charge in [0.15, 0.2) is 0 Å². The minimum absolute atomic E-state index is 0.0577. The van der Waals surface area contributed by atoms with Crippen LogP contribution in [0.1, 0.15) is 32.1 Å². The Kier molecular flexibility index (Phi) is 7.78. The third-order valence-electron chi connectivity index (χ3n) is 3.67. The molecule has 1 rings (SSSR count). The average Bonchev–Trinajstić information content (AvgIpc) is 2.45. The van der Waals surface area contributed by atoms with Crippen molar-refractivity contribution in [3.63, 3.8) is 0 Å². The first kappa shape index (κ1) is 18.0. The van der Waals surface area contributed by atoms with Crippen molar-refractivity contribution in [3.05, 3.63) is 29.8 Å². The molecule has 0 saturated carbocycles. The van der Waals surface area contributed by atoms with E-state index in [4.69, 9.17) is 0 Å². The topological polar surface area (TPSA) is 39.6 Å². The number of aromatic nitrogens is 1. The van der Waals surface area contributed by atoms with Crippen molar-refractivity contribution in [2.24, 2.45) is 5.92 Å². The Morgan fingerprint density at radius 2 is 2.00 bits per heavy atom. The van der Waals surface area contributed by atoms with E-state index >= 15 is 0 Å². The summed E-state index contributed by atoms with van der Waals surface area (Å²) in [6.07, 6.45) is 1.60. The van der Waals surface area contributed by atoms with Gasteiger partial charge in [-0.15, -0.1) is 0 Å². The van der Waals surface area contributed by atoms with Gasteiger partial charge in [-0.3, -0.25) is 4.98 Å². The zero-order valence-corrected chi connectivity index (χ0v) is 13.6. The third kappa shape index (κ3) is 6.50. The Hall–Kier alpha value is -1.04. The minimum Gasteiger partial charge on any atom is -0.386 e. The standard InChI is InChI=1S/C16H28FN3O/c1-5-20(10-6-9-19(3)4)12-13(2)16(21)15-8-7-14(17)11-18-15/h7-8,11,13,16,21H,5-6,9-10,12H2,1-4H3. The van der Waals surface area contributed by atoms with Gasteiger partial charge in [-0.25, -0.2) is 4.39 Å². The summed E-state index contributed by atoms with van der Waals surface area (Å²) in [6, 6.07) is 2.89. The molecule has 2 unspecified atom stereocenters. The fourth-order valence-corrected chi connectivity index (χ4v) is 2.35. The lowest BCUT2D eigenvalue weighted by Gasteiger charge is -2.27. The highest BCUT2D eigenvalue weighted by atomic mass is 19.1. The number of nitrogens with zero attached hydrogens (tertiary/aromatic N) is 3. The summed E-state index contributed by atoms with van der Waals surface area (Å²) < 4.78 is 12.9. The van der Waals surface area contributed by atoms with E-state index < -0.39 is 6.10 Å².